The molecule has 0 amide bonds. The Morgan fingerprint density at radius 3 is 2.28 bits per heavy atom. The van der Waals surface area contributed by atoms with Crippen molar-refractivity contribution in [3.63, 3.8) is 0 Å². The van der Waals surface area contributed by atoms with E-state index in [1.807, 2.05) is 57.2 Å². The van der Waals surface area contributed by atoms with Crippen LogP contribution in [0.1, 0.15) is 32.2 Å². The zero-order chi connectivity index (χ0) is 21.0. The molecule has 152 valence electrons. The van der Waals surface area contributed by atoms with Gasteiger partial charge in [0.25, 0.3) is 11.4 Å². The van der Waals surface area contributed by atoms with Gasteiger partial charge >= 0.3 is 0 Å². The van der Waals surface area contributed by atoms with E-state index in [1.54, 1.807) is 19.1 Å². The molecule has 0 unspecified atom stereocenters. The number of hydrogen-bond acceptors (Lipinski definition) is 4. The van der Waals surface area contributed by atoms with Crippen LogP contribution in [-0.2, 0) is 6.42 Å². The van der Waals surface area contributed by atoms with Crippen molar-refractivity contribution in [1.29, 1.82) is 0 Å². The van der Waals surface area contributed by atoms with E-state index < -0.39 is 0 Å². The van der Waals surface area contributed by atoms with Crippen molar-refractivity contribution in [2.45, 2.75) is 34.1 Å². The number of hydrogen-bond donors (Lipinski definition) is 1. The maximum atomic E-state index is 13.6. The predicted octanol–water partition coefficient (Wildman–Crippen LogP) is 4.64. The average Bonchev–Trinajstić information content (AvgIpc) is 2.73. The molecule has 0 aliphatic carbocycles. The van der Waals surface area contributed by atoms with Crippen LogP contribution in [0.25, 0.3) is 22.5 Å². The lowest BCUT2D eigenvalue weighted by Crippen LogP contribution is -2.29. The Bertz CT molecular complexity index is 1060. The third kappa shape index (κ3) is 3.83. The number of ether oxygens (including phenoxy) is 2. The Morgan fingerprint density at radius 2 is 1.66 bits per heavy atom. The van der Waals surface area contributed by atoms with Gasteiger partial charge in [-0.05, 0) is 57.5 Å². The molecule has 0 aliphatic rings. The Labute approximate surface area is 170 Å². The molecule has 3 rings (SSSR count). The van der Waals surface area contributed by atoms with E-state index in [1.165, 1.54) is 0 Å². The van der Waals surface area contributed by atoms with E-state index in [0.29, 0.717) is 59.5 Å². The van der Waals surface area contributed by atoms with Crippen molar-refractivity contribution in [2.24, 2.45) is 0 Å². The lowest BCUT2D eigenvalue weighted by atomic mass is 10.0. The highest BCUT2D eigenvalue weighted by Crippen LogP contribution is 2.35. The molecule has 29 heavy (non-hydrogen) atoms. The molecular weight excluding hydrogens is 368 g/mol. The fourth-order valence-electron chi connectivity index (χ4n) is 3.51. The zero-order valence-electron chi connectivity index (χ0n) is 17.3. The fourth-order valence-corrected chi connectivity index (χ4v) is 3.51. The molecule has 0 radical (unpaired) electrons. The summed E-state index contributed by atoms with van der Waals surface area (Å²) >= 11 is 0. The van der Waals surface area contributed by atoms with Gasteiger partial charge in [0.15, 0.2) is 0 Å². The minimum absolute atomic E-state index is 0.327. The number of nitrogens with zero attached hydrogens (tertiary/aromatic N) is 2. The van der Waals surface area contributed by atoms with E-state index in [0.717, 1.165) is 14.7 Å². The first kappa shape index (κ1) is 20.5. The second-order valence-electron chi connectivity index (χ2n) is 6.58. The van der Waals surface area contributed by atoms with Crippen molar-refractivity contribution in [3.05, 3.63) is 64.8 Å². The van der Waals surface area contributed by atoms with E-state index in [4.69, 9.17) is 9.47 Å². The first-order valence-electron chi connectivity index (χ1n) is 9.89. The highest BCUT2D eigenvalue weighted by molar-refractivity contribution is 5.70. The fraction of sp³-hybridized carbons (Fsp3) is 0.304. The van der Waals surface area contributed by atoms with Crippen LogP contribution in [0, 0.1) is 11.8 Å². The van der Waals surface area contributed by atoms with Crippen molar-refractivity contribution in [3.8, 4) is 34.0 Å². The van der Waals surface area contributed by atoms with Gasteiger partial charge in [-0.1, -0.05) is 25.1 Å². The van der Waals surface area contributed by atoms with Gasteiger partial charge in [0, 0.05) is 4.91 Å². The third-order valence-corrected chi connectivity index (χ3v) is 4.79. The highest BCUT2D eigenvalue weighted by Gasteiger charge is 2.31. The Hall–Kier alpha value is -3.28. The summed E-state index contributed by atoms with van der Waals surface area (Å²) in [6.45, 7) is 8.39. The van der Waals surface area contributed by atoms with Gasteiger partial charge in [-0.25, -0.2) is 0 Å². The molecular formula is C23H27N2O4+. The second-order valence-corrected chi connectivity index (χ2v) is 6.58. The van der Waals surface area contributed by atoms with Crippen molar-refractivity contribution in [2.75, 3.05) is 13.2 Å². The molecule has 2 aromatic carbocycles. The molecule has 0 fully saturated rings. The van der Waals surface area contributed by atoms with Crippen LogP contribution >= 0.6 is 0 Å². The summed E-state index contributed by atoms with van der Waals surface area (Å²) in [5, 5.41) is 10.9. The van der Waals surface area contributed by atoms with Crippen LogP contribution in [0.2, 0.25) is 0 Å². The largest absolute Gasteiger partial charge is 0.494 e. The van der Waals surface area contributed by atoms with Crippen molar-refractivity contribution < 1.29 is 19.1 Å². The molecule has 0 saturated heterocycles. The second kappa shape index (κ2) is 8.82. The van der Waals surface area contributed by atoms with Gasteiger partial charge in [-0.2, -0.15) is 4.73 Å². The summed E-state index contributed by atoms with van der Waals surface area (Å²) in [6, 6.07) is 14.8. The molecule has 1 aromatic heterocycles. The molecule has 0 spiro atoms. The van der Waals surface area contributed by atoms with Crippen LogP contribution in [0.15, 0.2) is 48.5 Å². The smallest absolute Gasteiger partial charge is 0.297 e. The highest BCUT2D eigenvalue weighted by atomic mass is 16.5. The summed E-state index contributed by atoms with van der Waals surface area (Å²) in [4.78, 5) is 13.6. The molecule has 0 bridgehead atoms. The summed E-state index contributed by atoms with van der Waals surface area (Å²) in [5.41, 5.74) is 3.04. The van der Waals surface area contributed by atoms with E-state index in [9.17, 15) is 10.1 Å². The van der Waals surface area contributed by atoms with Crippen LogP contribution in [-0.4, -0.2) is 23.2 Å². The summed E-state index contributed by atoms with van der Waals surface area (Å²) in [5.74, 6) is 1.20. The van der Waals surface area contributed by atoms with E-state index in [2.05, 4.69) is 0 Å². The Kier molecular flexibility index (Phi) is 6.22. The standard InChI is InChI=1S/C23H27N2O4/c1-5-20-23(17-11-9-8-10-12-17)25(27)22(16(4)24(20)26)19-15-18(28-6-2)13-14-21(19)29-7-3/h8-15,26H,5-7H2,1-4H3/q+1. The maximum Gasteiger partial charge on any atom is 0.297 e. The topological polar surface area (TPSA) is 66.6 Å². The average molecular weight is 395 g/mol. The van der Waals surface area contributed by atoms with E-state index in [-0.39, 0.29) is 0 Å². The molecule has 1 N–H and O–H groups in total. The SMILES string of the molecule is CCOc1ccc(OCC)c(-c2c(C)n(O)c(CC)c(-c3ccccc3)[n+]2=O)c1. The molecule has 6 heteroatoms. The number of benzene rings is 2. The maximum absolute atomic E-state index is 13.6. The predicted molar refractivity (Wildman–Crippen MR) is 112 cm³/mol. The number of rotatable bonds is 7. The molecule has 0 atom stereocenters. The monoisotopic (exact) mass is 395 g/mol. The molecule has 1 heterocycles. The quantitative estimate of drug-likeness (QED) is 0.467. The van der Waals surface area contributed by atoms with Gasteiger partial charge in [-0.15, -0.1) is 0 Å². The minimum atomic E-state index is 0.327. The van der Waals surface area contributed by atoms with Gasteiger partial charge < -0.3 is 14.7 Å². The molecule has 0 saturated carbocycles. The summed E-state index contributed by atoms with van der Waals surface area (Å²) < 4.78 is 13.4. The summed E-state index contributed by atoms with van der Waals surface area (Å²) in [7, 11) is 0. The Morgan fingerprint density at radius 1 is 0.966 bits per heavy atom. The summed E-state index contributed by atoms with van der Waals surface area (Å²) in [6.07, 6.45) is 0.501. The molecule has 3 aromatic rings. The van der Waals surface area contributed by atoms with Crippen LogP contribution in [0.3, 0.4) is 0 Å². The Balaban J connectivity index is 2.38. The van der Waals surface area contributed by atoms with Crippen LogP contribution in [0.4, 0.5) is 0 Å². The van der Waals surface area contributed by atoms with Crippen molar-refractivity contribution >= 4 is 0 Å². The normalized spacial score (nSPS) is 10.8. The third-order valence-electron chi connectivity index (χ3n) is 4.79. The van der Waals surface area contributed by atoms with Gasteiger partial charge in [0.05, 0.1) is 28.8 Å². The zero-order valence-corrected chi connectivity index (χ0v) is 17.3. The van der Waals surface area contributed by atoms with Crippen LogP contribution < -0.4 is 13.9 Å². The molecule has 0 aliphatic heterocycles. The first-order chi connectivity index (χ1) is 14.0. The van der Waals surface area contributed by atoms with Crippen LogP contribution in [0.5, 0.6) is 11.5 Å². The van der Waals surface area contributed by atoms with Crippen molar-refractivity contribution in [1.82, 2.24) is 4.73 Å². The van der Waals surface area contributed by atoms with E-state index >= 15 is 0 Å². The lowest BCUT2D eigenvalue weighted by molar-refractivity contribution is -0.472. The number of aromatic nitrogens is 2. The van der Waals surface area contributed by atoms with Gasteiger partial charge in [0.1, 0.15) is 22.9 Å². The lowest BCUT2D eigenvalue weighted by Gasteiger charge is -2.14. The first-order valence-corrected chi connectivity index (χ1v) is 9.89. The molecule has 6 nitrogen and oxygen atoms in total. The van der Waals surface area contributed by atoms with Gasteiger partial charge in [-0.3, -0.25) is 0 Å². The minimum Gasteiger partial charge on any atom is -0.494 e. The van der Waals surface area contributed by atoms with Gasteiger partial charge in [0.2, 0.25) is 0 Å².